The predicted molar refractivity (Wildman–Crippen MR) is 59.4 cm³/mol. The summed E-state index contributed by atoms with van der Waals surface area (Å²) in [7, 11) is 0. The van der Waals surface area contributed by atoms with Crippen molar-refractivity contribution in [3.63, 3.8) is 0 Å². The molecular weight excluding hydrogens is 402 g/mol. The summed E-state index contributed by atoms with van der Waals surface area (Å²) in [5.74, 6) is -2.77. The fourth-order valence-electron chi connectivity index (χ4n) is 0.540. The van der Waals surface area contributed by atoms with E-state index in [0.717, 1.165) is 0 Å². The zero-order valence-electron chi connectivity index (χ0n) is 9.85. The Balaban J connectivity index is -0.000000256. The molecule has 0 saturated carbocycles. The molecule has 108 valence electrons. The van der Waals surface area contributed by atoms with Crippen molar-refractivity contribution in [2.24, 2.45) is 0 Å². The first kappa shape index (κ1) is 24.6. The summed E-state index contributed by atoms with van der Waals surface area (Å²) >= 11 is -9.16. The molecule has 6 N–H and O–H groups in total. The fraction of sp³-hybridized carbons (Fsp3) is 0.667. The van der Waals surface area contributed by atoms with E-state index in [1.54, 1.807) is 0 Å². The van der Waals surface area contributed by atoms with Crippen LogP contribution >= 0.6 is 0 Å². The summed E-state index contributed by atoms with van der Waals surface area (Å²) in [5, 5.41) is 18.4. The summed E-state index contributed by atoms with van der Waals surface area (Å²) in [6, 6.07) is 0. The zero-order chi connectivity index (χ0) is 15.0. The minimum Gasteiger partial charge on any atom is 2.00 e. The molecule has 0 unspecified atom stereocenters. The van der Waals surface area contributed by atoms with E-state index in [-0.39, 0.29) is 23.1 Å². The molecule has 0 spiro atoms. The zero-order valence-corrected chi connectivity index (χ0v) is 15.5. The molecule has 10 nitrogen and oxygen atoms in total. The van der Waals surface area contributed by atoms with Crippen LogP contribution in [-0.2, 0) is 9.59 Å². The minimum absolute atomic E-state index is 0. The Morgan fingerprint density at radius 1 is 0.737 bits per heavy atom. The van der Waals surface area contributed by atoms with Gasteiger partial charge in [-0.05, 0) is 0 Å². The second-order valence-electron chi connectivity index (χ2n) is 3.29. The van der Waals surface area contributed by atoms with E-state index in [2.05, 4.69) is 0 Å². The van der Waals surface area contributed by atoms with Gasteiger partial charge in [0.2, 0.25) is 0 Å². The van der Waals surface area contributed by atoms with E-state index in [9.17, 15) is 19.8 Å². The topological polar surface area (TPSA) is 202 Å². The molecule has 0 radical (unpaired) electrons. The summed E-state index contributed by atoms with van der Waals surface area (Å²) in [5.41, 5.74) is 0. The third-order valence-electron chi connectivity index (χ3n) is 1.33. The van der Waals surface area contributed by atoms with Gasteiger partial charge < -0.3 is 0 Å². The molecular formula is C6H14Ge2MgO10. The second-order valence-corrected chi connectivity index (χ2v) is 11.9. The van der Waals surface area contributed by atoms with Gasteiger partial charge in [0, 0.05) is 0 Å². The Morgan fingerprint density at radius 2 is 0.947 bits per heavy atom. The van der Waals surface area contributed by atoms with Crippen molar-refractivity contribution in [3.8, 4) is 0 Å². The molecule has 0 aliphatic carbocycles. The van der Waals surface area contributed by atoms with Crippen molar-refractivity contribution in [1.29, 1.82) is 0 Å². The van der Waals surface area contributed by atoms with Gasteiger partial charge in [-0.3, -0.25) is 0 Å². The van der Waals surface area contributed by atoms with Crippen LogP contribution in [0.1, 0.15) is 12.8 Å². The third kappa shape index (κ3) is 32.3. The molecule has 13 heteroatoms. The summed E-state index contributed by atoms with van der Waals surface area (Å²) < 4.78 is 49.6. The maximum Gasteiger partial charge on any atom is 2.00 e. The van der Waals surface area contributed by atoms with Crippen LogP contribution in [0.15, 0.2) is 0 Å². The molecule has 0 aliphatic rings. The van der Waals surface area contributed by atoms with Gasteiger partial charge in [-0.1, -0.05) is 0 Å². The number of carbonyl (C=O) groups excluding carboxylic acids is 2. The van der Waals surface area contributed by atoms with Crippen LogP contribution in [0.25, 0.3) is 0 Å². The van der Waals surface area contributed by atoms with Gasteiger partial charge in [0.15, 0.2) is 0 Å². The number of aliphatic carboxylic acids is 2. The van der Waals surface area contributed by atoms with Gasteiger partial charge >= 0.3 is 131 Å². The van der Waals surface area contributed by atoms with Crippen molar-refractivity contribution in [1.82, 2.24) is 0 Å². The summed E-state index contributed by atoms with van der Waals surface area (Å²) in [6.07, 6.45) is -0.993. The molecule has 0 aliphatic heterocycles. The average Bonchev–Trinajstić information content (AvgIpc) is 2.10. The first-order valence-electron chi connectivity index (χ1n) is 4.57. The standard InChI is InChI=1S/2C3H8GeO5.Mg/c2*5-3(6)1-2-4(7,8)9;/h2*7-9H,1-2H2,(H,5,6);/q;;+2/p-2. The van der Waals surface area contributed by atoms with Gasteiger partial charge in [0.05, 0.1) is 0 Å². The van der Waals surface area contributed by atoms with Gasteiger partial charge in [-0.2, -0.15) is 0 Å². The maximum absolute atomic E-state index is 9.63. The van der Waals surface area contributed by atoms with Crippen LogP contribution in [0.2, 0.25) is 10.5 Å². The van der Waals surface area contributed by atoms with Crippen molar-refractivity contribution in [2.45, 2.75) is 23.3 Å². The molecule has 0 bridgehead atoms. The third-order valence-corrected chi connectivity index (χ3v) is 5.19. The molecule has 0 rings (SSSR count). The monoisotopic (exact) mass is 418 g/mol. The molecule has 0 heterocycles. The minimum atomic E-state index is -4.58. The van der Waals surface area contributed by atoms with Gasteiger partial charge in [0.1, 0.15) is 0 Å². The van der Waals surface area contributed by atoms with E-state index < -0.39 is 63.8 Å². The molecule has 0 saturated heterocycles. The number of rotatable bonds is 6. The van der Waals surface area contributed by atoms with Gasteiger partial charge in [-0.15, -0.1) is 0 Å². The quantitative estimate of drug-likeness (QED) is 0.226. The first-order chi connectivity index (χ1) is 7.83. The SMILES string of the molecule is O=C([O-])C[CH2][Ge]([OH])([OH])[OH].O=C([O-])C[CH2][Ge]([OH])([OH])[OH].[Mg+2]. The number of carboxylic acid groups (broad SMARTS) is 2. The van der Waals surface area contributed by atoms with E-state index in [0.29, 0.717) is 0 Å². The molecule has 0 aromatic rings. The number of hydrogen-bond acceptors (Lipinski definition) is 10. The number of carboxylic acids is 2. The molecule has 0 fully saturated rings. The van der Waals surface area contributed by atoms with Crippen LogP contribution < -0.4 is 10.2 Å². The van der Waals surface area contributed by atoms with E-state index in [1.807, 2.05) is 0 Å². The van der Waals surface area contributed by atoms with Crippen LogP contribution in [-0.4, -0.2) is 88.3 Å². The largest absolute Gasteiger partial charge is 2.00 e. The Labute approximate surface area is 131 Å². The number of carbonyl (C=O) groups is 2. The predicted octanol–water partition coefficient (Wildman–Crippen LogP) is -6.30. The molecule has 0 amide bonds. The summed E-state index contributed by atoms with van der Waals surface area (Å²) in [6.45, 7) is 0. The summed E-state index contributed by atoms with van der Waals surface area (Å²) in [4.78, 5) is 19.3. The van der Waals surface area contributed by atoms with Crippen molar-refractivity contribution in [2.75, 3.05) is 0 Å². The Hall–Kier alpha value is 0.552. The van der Waals surface area contributed by atoms with Crippen LogP contribution in [0, 0.1) is 0 Å². The van der Waals surface area contributed by atoms with Gasteiger partial charge in [-0.25, -0.2) is 0 Å². The smallest absolute Gasteiger partial charge is 2.00 e. The Morgan fingerprint density at radius 3 is 1.00 bits per heavy atom. The molecule has 19 heavy (non-hydrogen) atoms. The van der Waals surface area contributed by atoms with E-state index in [4.69, 9.17) is 24.8 Å². The van der Waals surface area contributed by atoms with Crippen LogP contribution in [0.4, 0.5) is 0 Å². The Bertz CT molecular complexity index is 244. The molecule has 0 aromatic heterocycles. The van der Waals surface area contributed by atoms with Gasteiger partial charge in [0.25, 0.3) is 0 Å². The van der Waals surface area contributed by atoms with E-state index >= 15 is 0 Å². The number of hydrogen-bond donors (Lipinski definition) is 6. The van der Waals surface area contributed by atoms with Crippen LogP contribution in [0.3, 0.4) is 0 Å². The normalized spacial score (nSPS) is 10.8. The molecule has 0 atom stereocenters. The van der Waals surface area contributed by atoms with Crippen molar-refractivity contribution in [3.05, 3.63) is 0 Å². The van der Waals surface area contributed by atoms with E-state index in [1.165, 1.54) is 0 Å². The Kier molecular flexibility index (Phi) is 14.5. The first-order valence-corrected chi connectivity index (χ1v) is 13.2. The average molecular weight is 416 g/mol. The molecule has 0 aromatic carbocycles. The second kappa shape index (κ2) is 11.2. The van der Waals surface area contributed by atoms with Crippen LogP contribution in [0.5, 0.6) is 0 Å². The van der Waals surface area contributed by atoms with Crippen molar-refractivity contribution >= 4 is 63.5 Å². The maximum atomic E-state index is 9.63. The fourth-order valence-corrected chi connectivity index (χ4v) is 2.80. The van der Waals surface area contributed by atoms with Crippen molar-refractivity contribution < 1.29 is 44.6 Å².